The van der Waals surface area contributed by atoms with Crippen LogP contribution in [0.3, 0.4) is 0 Å². The smallest absolute Gasteiger partial charge is 0.254 e. The Morgan fingerprint density at radius 1 is 1.13 bits per heavy atom. The van der Waals surface area contributed by atoms with Crippen LogP contribution in [0.25, 0.3) is 0 Å². The summed E-state index contributed by atoms with van der Waals surface area (Å²) in [4.78, 5) is 17.7. The summed E-state index contributed by atoms with van der Waals surface area (Å²) in [5, 5.41) is 0.665. The first-order chi connectivity index (χ1) is 11.0. The first kappa shape index (κ1) is 16.8. The van der Waals surface area contributed by atoms with Crippen LogP contribution in [0.15, 0.2) is 18.2 Å². The van der Waals surface area contributed by atoms with Gasteiger partial charge in [-0.2, -0.15) is 0 Å². The molecule has 1 heterocycles. The Kier molecular flexibility index (Phi) is 4.98. The van der Waals surface area contributed by atoms with E-state index in [1.807, 2.05) is 18.2 Å². The lowest BCUT2D eigenvalue weighted by molar-refractivity contribution is 0.0569. The molecule has 1 aromatic rings. The Morgan fingerprint density at radius 2 is 1.74 bits per heavy atom. The summed E-state index contributed by atoms with van der Waals surface area (Å²) in [7, 11) is 2.16. The van der Waals surface area contributed by atoms with Crippen LogP contribution in [-0.2, 0) is 0 Å². The molecule has 1 amide bonds. The molecule has 126 valence electrons. The fraction of sp³-hybridized carbons (Fsp3) is 0.632. The second-order valence-electron chi connectivity index (χ2n) is 7.41. The van der Waals surface area contributed by atoms with Crippen LogP contribution in [0.2, 0.25) is 5.02 Å². The first-order valence-corrected chi connectivity index (χ1v) is 9.15. The molecule has 0 radical (unpaired) electrons. The van der Waals surface area contributed by atoms with Gasteiger partial charge in [-0.1, -0.05) is 25.4 Å². The Hall–Kier alpha value is -1.06. The molecule has 0 N–H and O–H groups in total. The molecule has 3 rings (SSSR count). The van der Waals surface area contributed by atoms with Crippen molar-refractivity contribution < 1.29 is 4.79 Å². The SMILES string of the molecule is CC(C)c1cc(Cl)cc(C(=O)N(C2CC2)C2CCN(C)CC2)c1. The van der Waals surface area contributed by atoms with E-state index in [1.165, 1.54) is 0 Å². The van der Waals surface area contributed by atoms with E-state index in [4.69, 9.17) is 11.6 Å². The Labute approximate surface area is 144 Å². The molecule has 3 nitrogen and oxygen atoms in total. The maximum Gasteiger partial charge on any atom is 0.254 e. The second kappa shape index (κ2) is 6.82. The third-order valence-corrected chi connectivity index (χ3v) is 5.31. The van der Waals surface area contributed by atoms with Gasteiger partial charge in [0.05, 0.1) is 0 Å². The minimum atomic E-state index is 0.173. The van der Waals surface area contributed by atoms with E-state index in [1.54, 1.807) is 0 Å². The highest BCUT2D eigenvalue weighted by Crippen LogP contribution is 2.34. The van der Waals surface area contributed by atoms with Gasteiger partial charge in [0.2, 0.25) is 0 Å². The minimum absolute atomic E-state index is 0.173. The molecule has 2 aliphatic rings. The molecule has 1 aromatic carbocycles. The van der Waals surface area contributed by atoms with E-state index in [9.17, 15) is 4.79 Å². The van der Waals surface area contributed by atoms with Gasteiger partial charge in [-0.05, 0) is 75.5 Å². The summed E-state index contributed by atoms with van der Waals surface area (Å²) in [6.45, 7) is 6.42. The number of amides is 1. The molecule has 1 saturated carbocycles. The lowest BCUT2D eigenvalue weighted by atomic mass is 9.98. The van der Waals surface area contributed by atoms with Crippen molar-refractivity contribution in [3.8, 4) is 0 Å². The van der Waals surface area contributed by atoms with Gasteiger partial charge in [0.25, 0.3) is 5.91 Å². The predicted molar refractivity (Wildman–Crippen MR) is 95.3 cm³/mol. The predicted octanol–water partition coefficient (Wildman–Crippen LogP) is 4.16. The van der Waals surface area contributed by atoms with Crippen LogP contribution in [0.1, 0.15) is 61.4 Å². The molecule has 4 heteroatoms. The minimum Gasteiger partial charge on any atom is -0.333 e. The summed E-state index contributed by atoms with van der Waals surface area (Å²) in [6.07, 6.45) is 4.46. The Bertz CT molecular complexity index is 575. The molecule has 1 aliphatic carbocycles. The largest absolute Gasteiger partial charge is 0.333 e. The van der Waals surface area contributed by atoms with Gasteiger partial charge >= 0.3 is 0 Å². The standard InChI is InChI=1S/C19H27ClN2O/c1-13(2)14-10-15(12-16(20)11-14)19(23)22(17-4-5-17)18-6-8-21(3)9-7-18/h10-13,17-18H,4-9H2,1-3H3. The third kappa shape index (κ3) is 3.89. The number of rotatable bonds is 4. The molecular weight excluding hydrogens is 308 g/mol. The lowest BCUT2D eigenvalue weighted by Crippen LogP contribution is -2.47. The number of piperidine rings is 1. The average molecular weight is 335 g/mol. The first-order valence-electron chi connectivity index (χ1n) is 8.77. The normalized spacial score (nSPS) is 20.0. The molecule has 0 atom stereocenters. The second-order valence-corrected chi connectivity index (χ2v) is 7.84. The van der Waals surface area contributed by atoms with E-state index in [0.717, 1.165) is 49.9 Å². The summed E-state index contributed by atoms with van der Waals surface area (Å²) < 4.78 is 0. The van der Waals surface area contributed by atoms with Gasteiger partial charge in [-0.25, -0.2) is 0 Å². The lowest BCUT2D eigenvalue weighted by Gasteiger charge is -2.37. The summed E-state index contributed by atoms with van der Waals surface area (Å²) >= 11 is 6.27. The van der Waals surface area contributed by atoms with Crippen molar-refractivity contribution >= 4 is 17.5 Å². The Morgan fingerprint density at radius 3 is 2.30 bits per heavy atom. The summed E-state index contributed by atoms with van der Waals surface area (Å²) in [6, 6.07) is 6.66. The van der Waals surface area contributed by atoms with Gasteiger partial charge < -0.3 is 9.80 Å². The molecule has 0 unspecified atom stereocenters. The molecular formula is C19H27ClN2O. The number of likely N-dealkylation sites (tertiary alicyclic amines) is 1. The molecule has 0 spiro atoms. The van der Waals surface area contributed by atoms with Gasteiger partial charge in [0.15, 0.2) is 0 Å². The van der Waals surface area contributed by atoms with Crippen molar-refractivity contribution in [1.29, 1.82) is 0 Å². The fourth-order valence-corrected chi connectivity index (χ4v) is 3.72. The number of carbonyl (C=O) groups is 1. The third-order valence-electron chi connectivity index (χ3n) is 5.09. The molecule has 0 bridgehead atoms. The highest BCUT2D eigenvalue weighted by atomic mass is 35.5. The highest BCUT2D eigenvalue weighted by molar-refractivity contribution is 6.31. The number of nitrogens with zero attached hydrogens (tertiary/aromatic N) is 2. The molecule has 1 saturated heterocycles. The van der Waals surface area contributed by atoms with Gasteiger partial charge in [-0.3, -0.25) is 4.79 Å². The van der Waals surface area contributed by atoms with Crippen LogP contribution in [0.4, 0.5) is 0 Å². The number of benzene rings is 1. The van der Waals surface area contributed by atoms with Crippen LogP contribution in [0, 0.1) is 0 Å². The monoisotopic (exact) mass is 334 g/mol. The van der Waals surface area contributed by atoms with Crippen molar-refractivity contribution in [2.24, 2.45) is 0 Å². The van der Waals surface area contributed by atoms with E-state index in [0.29, 0.717) is 23.0 Å². The quantitative estimate of drug-likeness (QED) is 0.825. The topological polar surface area (TPSA) is 23.6 Å². The molecule has 0 aromatic heterocycles. The van der Waals surface area contributed by atoms with Crippen LogP contribution >= 0.6 is 11.6 Å². The van der Waals surface area contributed by atoms with Crippen LogP contribution < -0.4 is 0 Å². The van der Waals surface area contributed by atoms with Crippen molar-refractivity contribution in [2.75, 3.05) is 20.1 Å². The van der Waals surface area contributed by atoms with Gasteiger partial charge in [-0.15, -0.1) is 0 Å². The van der Waals surface area contributed by atoms with Crippen molar-refractivity contribution in [3.63, 3.8) is 0 Å². The average Bonchev–Trinajstić information content (AvgIpc) is 3.33. The van der Waals surface area contributed by atoms with Crippen molar-refractivity contribution in [1.82, 2.24) is 9.80 Å². The molecule has 2 fully saturated rings. The van der Waals surface area contributed by atoms with Gasteiger partial charge in [0.1, 0.15) is 0 Å². The highest BCUT2D eigenvalue weighted by Gasteiger charge is 2.38. The molecule has 1 aliphatic heterocycles. The van der Waals surface area contributed by atoms with Crippen LogP contribution in [-0.4, -0.2) is 47.9 Å². The maximum atomic E-state index is 13.2. The van der Waals surface area contributed by atoms with E-state index >= 15 is 0 Å². The summed E-state index contributed by atoms with van der Waals surface area (Å²) in [5.74, 6) is 0.546. The maximum absolute atomic E-state index is 13.2. The van der Waals surface area contributed by atoms with Gasteiger partial charge in [0, 0.05) is 22.7 Å². The zero-order chi connectivity index (χ0) is 16.6. The number of hydrogen-bond donors (Lipinski definition) is 0. The Balaban J connectivity index is 1.84. The van der Waals surface area contributed by atoms with E-state index in [2.05, 4.69) is 30.7 Å². The van der Waals surface area contributed by atoms with E-state index in [-0.39, 0.29) is 5.91 Å². The summed E-state index contributed by atoms with van der Waals surface area (Å²) in [5.41, 5.74) is 1.90. The number of hydrogen-bond acceptors (Lipinski definition) is 2. The number of carbonyl (C=O) groups excluding carboxylic acids is 1. The zero-order valence-electron chi connectivity index (χ0n) is 14.4. The zero-order valence-corrected chi connectivity index (χ0v) is 15.1. The van der Waals surface area contributed by atoms with Crippen molar-refractivity contribution in [2.45, 2.75) is 57.5 Å². The molecule has 23 heavy (non-hydrogen) atoms. The van der Waals surface area contributed by atoms with Crippen molar-refractivity contribution in [3.05, 3.63) is 34.3 Å². The fourth-order valence-electron chi connectivity index (χ4n) is 3.47. The van der Waals surface area contributed by atoms with E-state index < -0.39 is 0 Å². The van der Waals surface area contributed by atoms with Crippen LogP contribution in [0.5, 0.6) is 0 Å². The number of halogens is 1.